The Morgan fingerprint density at radius 2 is 2.00 bits per heavy atom. The van der Waals surface area contributed by atoms with E-state index in [0.29, 0.717) is 15.4 Å². The van der Waals surface area contributed by atoms with E-state index in [9.17, 15) is 23.6 Å². The SMILES string of the molecule is O=C(CSc1cccc[n+]1[O-])Nc1ccc(=O)n(Cc2ccc(F)cc2F)c1. The molecule has 1 aromatic carbocycles. The highest BCUT2D eigenvalue weighted by atomic mass is 32.2. The molecule has 0 saturated carbocycles. The first-order valence-corrected chi connectivity index (χ1v) is 9.16. The van der Waals surface area contributed by atoms with E-state index in [1.54, 1.807) is 18.2 Å². The van der Waals surface area contributed by atoms with Gasteiger partial charge in [-0.2, -0.15) is 4.73 Å². The maximum atomic E-state index is 13.8. The quantitative estimate of drug-likeness (QED) is 0.390. The number of hydrogen-bond acceptors (Lipinski definition) is 4. The van der Waals surface area contributed by atoms with Crippen LogP contribution in [0.25, 0.3) is 0 Å². The molecule has 6 nitrogen and oxygen atoms in total. The van der Waals surface area contributed by atoms with Crippen LogP contribution in [0.1, 0.15) is 5.56 Å². The lowest BCUT2D eigenvalue weighted by Gasteiger charge is -2.10. The molecule has 3 aromatic rings. The number of anilines is 1. The summed E-state index contributed by atoms with van der Waals surface area (Å²) in [6, 6.07) is 10.7. The molecule has 28 heavy (non-hydrogen) atoms. The molecule has 3 rings (SSSR count). The maximum Gasteiger partial charge on any atom is 0.251 e. The standard InChI is InChI=1S/C19H15F2N3O3S/c20-14-5-4-13(16(21)9-14)10-23-11-15(6-7-18(23)26)22-17(25)12-28-19-3-1-2-8-24(19)27/h1-9,11H,10,12H2,(H,22,25). The predicted molar refractivity (Wildman–Crippen MR) is 101 cm³/mol. The number of halogens is 2. The van der Waals surface area contributed by atoms with Crippen molar-refractivity contribution in [1.82, 2.24) is 4.57 Å². The van der Waals surface area contributed by atoms with E-state index in [-0.39, 0.29) is 23.8 Å². The Morgan fingerprint density at radius 3 is 2.75 bits per heavy atom. The zero-order valence-electron chi connectivity index (χ0n) is 14.5. The fourth-order valence-corrected chi connectivity index (χ4v) is 3.14. The topological polar surface area (TPSA) is 78.0 Å². The van der Waals surface area contributed by atoms with E-state index in [1.807, 2.05) is 0 Å². The number of rotatable bonds is 6. The van der Waals surface area contributed by atoms with E-state index < -0.39 is 17.2 Å². The normalized spacial score (nSPS) is 10.6. The number of carbonyl (C=O) groups is 1. The fraction of sp³-hybridized carbons (Fsp3) is 0.105. The average molecular weight is 403 g/mol. The van der Waals surface area contributed by atoms with Crippen molar-refractivity contribution >= 4 is 23.4 Å². The first kappa shape index (κ1) is 19.6. The van der Waals surface area contributed by atoms with Gasteiger partial charge in [-0.1, -0.05) is 6.07 Å². The highest BCUT2D eigenvalue weighted by Crippen LogP contribution is 2.14. The molecule has 0 bridgehead atoms. The Labute approximate surface area is 163 Å². The van der Waals surface area contributed by atoms with Gasteiger partial charge in [-0.25, -0.2) is 8.78 Å². The summed E-state index contributed by atoms with van der Waals surface area (Å²) in [5, 5.41) is 14.6. The summed E-state index contributed by atoms with van der Waals surface area (Å²) in [5.41, 5.74) is 0.0928. The van der Waals surface area contributed by atoms with Gasteiger partial charge in [0.1, 0.15) is 11.6 Å². The highest BCUT2D eigenvalue weighted by Gasteiger charge is 2.11. The lowest BCUT2D eigenvalue weighted by molar-refractivity contribution is -0.645. The van der Waals surface area contributed by atoms with Crippen molar-refractivity contribution in [2.24, 2.45) is 0 Å². The number of hydrogen-bond donors (Lipinski definition) is 1. The van der Waals surface area contributed by atoms with Crippen molar-refractivity contribution in [2.45, 2.75) is 11.6 Å². The summed E-state index contributed by atoms with van der Waals surface area (Å²) in [7, 11) is 0. The largest absolute Gasteiger partial charge is 0.618 e. The van der Waals surface area contributed by atoms with Crippen LogP contribution in [0.4, 0.5) is 14.5 Å². The number of thioether (sulfide) groups is 1. The van der Waals surface area contributed by atoms with E-state index in [4.69, 9.17) is 0 Å². The van der Waals surface area contributed by atoms with Crippen molar-refractivity contribution in [3.63, 3.8) is 0 Å². The van der Waals surface area contributed by atoms with Crippen LogP contribution in [-0.4, -0.2) is 16.2 Å². The molecule has 0 unspecified atom stereocenters. The second kappa shape index (κ2) is 8.66. The third-order valence-corrected chi connectivity index (χ3v) is 4.78. The Balaban J connectivity index is 1.68. The van der Waals surface area contributed by atoms with Crippen LogP contribution in [-0.2, 0) is 11.3 Å². The van der Waals surface area contributed by atoms with Gasteiger partial charge in [-0.05, 0) is 30.0 Å². The van der Waals surface area contributed by atoms with Crippen LogP contribution in [0.5, 0.6) is 0 Å². The maximum absolute atomic E-state index is 13.8. The molecule has 0 radical (unpaired) electrons. The molecule has 1 amide bonds. The number of nitrogens with one attached hydrogen (secondary N) is 1. The molecule has 0 spiro atoms. The number of aromatic nitrogens is 2. The van der Waals surface area contributed by atoms with Crippen molar-refractivity contribution in [1.29, 1.82) is 0 Å². The molecule has 2 heterocycles. The minimum absolute atomic E-state index is 0.00201. The third kappa shape index (κ3) is 4.95. The Morgan fingerprint density at radius 1 is 1.18 bits per heavy atom. The summed E-state index contributed by atoms with van der Waals surface area (Å²) >= 11 is 1.07. The van der Waals surface area contributed by atoms with Gasteiger partial charge in [-0.15, -0.1) is 0 Å². The van der Waals surface area contributed by atoms with Gasteiger partial charge < -0.3 is 15.1 Å². The molecule has 144 valence electrons. The summed E-state index contributed by atoms with van der Waals surface area (Å²) in [6.45, 7) is -0.108. The van der Waals surface area contributed by atoms with Crippen molar-refractivity contribution in [3.05, 3.63) is 93.7 Å². The number of pyridine rings is 2. The number of carbonyl (C=O) groups excluding carboxylic acids is 1. The Hall–Kier alpha value is -3.20. The van der Waals surface area contributed by atoms with Crippen LogP contribution >= 0.6 is 11.8 Å². The predicted octanol–water partition coefficient (Wildman–Crippen LogP) is 2.54. The molecule has 0 fully saturated rings. The first-order valence-electron chi connectivity index (χ1n) is 8.17. The van der Waals surface area contributed by atoms with E-state index in [1.165, 1.54) is 35.2 Å². The minimum Gasteiger partial charge on any atom is -0.618 e. The molecule has 2 aromatic heterocycles. The lowest BCUT2D eigenvalue weighted by Crippen LogP contribution is -2.28. The van der Waals surface area contributed by atoms with Gasteiger partial charge in [0.05, 0.1) is 18.0 Å². The van der Waals surface area contributed by atoms with Gasteiger partial charge >= 0.3 is 0 Å². The molecule has 0 atom stereocenters. The molecule has 0 saturated heterocycles. The molecule has 0 aliphatic rings. The third-order valence-electron chi connectivity index (χ3n) is 3.76. The molecule has 0 aliphatic carbocycles. The first-order chi connectivity index (χ1) is 13.4. The van der Waals surface area contributed by atoms with E-state index in [0.717, 1.165) is 23.9 Å². The molecular formula is C19H15F2N3O3S. The van der Waals surface area contributed by atoms with Crippen LogP contribution < -0.4 is 15.6 Å². The zero-order valence-corrected chi connectivity index (χ0v) is 15.3. The number of amides is 1. The molecule has 9 heteroatoms. The van der Waals surface area contributed by atoms with Crippen LogP contribution in [0, 0.1) is 16.8 Å². The average Bonchev–Trinajstić information content (AvgIpc) is 2.66. The van der Waals surface area contributed by atoms with E-state index >= 15 is 0 Å². The Kier molecular flexibility index (Phi) is 6.05. The van der Waals surface area contributed by atoms with Crippen LogP contribution in [0.2, 0.25) is 0 Å². The fourth-order valence-electron chi connectivity index (χ4n) is 2.42. The zero-order chi connectivity index (χ0) is 20.1. The van der Waals surface area contributed by atoms with Gasteiger partial charge in [0.25, 0.3) is 10.6 Å². The summed E-state index contributed by atoms with van der Waals surface area (Å²) < 4.78 is 28.7. The van der Waals surface area contributed by atoms with Crippen LogP contribution in [0.15, 0.2) is 70.7 Å². The summed E-state index contributed by atoms with van der Waals surface area (Å²) in [4.78, 5) is 24.1. The summed E-state index contributed by atoms with van der Waals surface area (Å²) in [5.74, 6) is -1.83. The number of benzene rings is 1. The van der Waals surface area contributed by atoms with E-state index in [2.05, 4.69) is 5.32 Å². The smallest absolute Gasteiger partial charge is 0.251 e. The molecular weight excluding hydrogens is 388 g/mol. The minimum atomic E-state index is -0.758. The monoisotopic (exact) mass is 403 g/mol. The van der Waals surface area contributed by atoms with Gasteiger partial charge in [-0.3, -0.25) is 9.59 Å². The van der Waals surface area contributed by atoms with Gasteiger partial charge in [0.2, 0.25) is 5.91 Å². The second-order valence-corrected chi connectivity index (χ2v) is 6.82. The molecule has 0 aliphatic heterocycles. The molecule has 1 N–H and O–H groups in total. The Bertz CT molecular complexity index is 1070. The van der Waals surface area contributed by atoms with Crippen molar-refractivity contribution in [3.8, 4) is 0 Å². The van der Waals surface area contributed by atoms with Gasteiger partial charge in [0.15, 0.2) is 6.20 Å². The summed E-state index contributed by atoms with van der Waals surface area (Å²) in [6.07, 6.45) is 2.72. The van der Waals surface area contributed by atoms with Gasteiger partial charge in [0, 0.05) is 36.0 Å². The lowest BCUT2D eigenvalue weighted by atomic mass is 10.2. The highest BCUT2D eigenvalue weighted by molar-refractivity contribution is 7.99. The second-order valence-electron chi connectivity index (χ2n) is 5.82. The van der Waals surface area contributed by atoms with Crippen LogP contribution in [0.3, 0.4) is 0 Å². The number of nitrogens with zero attached hydrogens (tertiary/aromatic N) is 2. The van der Waals surface area contributed by atoms with Crippen molar-refractivity contribution < 1.29 is 18.3 Å². The van der Waals surface area contributed by atoms with Crippen molar-refractivity contribution in [2.75, 3.05) is 11.1 Å².